The predicted molar refractivity (Wildman–Crippen MR) is 78.7 cm³/mol. The first-order valence-electron chi connectivity index (χ1n) is 7.78. The zero-order valence-corrected chi connectivity index (χ0v) is 12.7. The summed E-state index contributed by atoms with van der Waals surface area (Å²) in [6, 6.07) is 1.18. The molecule has 1 aliphatic carbocycles. The molecule has 3 atom stereocenters. The number of ether oxygens (including phenoxy) is 1. The Morgan fingerprint density at radius 2 is 2.04 bits per heavy atom. The molecule has 4 rings (SSSR count). The summed E-state index contributed by atoms with van der Waals surface area (Å²) in [7, 11) is 0. The maximum Gasteiger partial charge on any atom is 0.272 e. The lowest BCUT2D eigenvalue weighted by Gasteiger charge is -2.39. The van der Waals surface area contributed by atoms with Crippen LogP contribution in [-0.4, -0.2) is 59.0 Å². The number of aromatic nitrogens is 2. The van der Waals surface area contributed by atoms with E-state index < -0.39 is 0 Å². The number of fused-ring (bicyclic) bond motifs is 1. The number of rotatable bonds is 3. The van der Waals surface area contributed by atoms with Crippen molar-refractivity contribution in [3.63, 3.8) is 0 Å². The van der Waals surface area contributed by atoms with E-state index in [1.54, 1.807) is 11.8 Å². The van der Waals surface area contributed by atoms with Gasteiger partial charge in [-0.25, -0.2) is 4.98 Å². The van der Waals surface area contributed by atoms with Crippen molar-refractivity contribution in [2.24, 2.45) is 17.8 Å². The van der Waals surface area contributed by atoms with Crippen molar-refractivity contribution in [1.29, 1.82) is 0 Å². The Kier molecular flexibility index (Phi) is 3.22. The summed E-state index contributed by atoms with van der Waals surface area (Å²) >= 11 is 0. The van der Waals surface area contributed by atoms with E-state index in [4.69, 9.17) is 4.74 Å². The molecule has 8 heteroatoms. The second-order valence-corrected chi connectivity index (χ2v) is 6.52. The molecule has 3 fully saturated rings. The van der Waals surface area contributed by atoms with Gasteiger partial charge in [-0.2, -0.15) is 0 Å². The number of amides is 2. The van der Waals surface area contributed by atoms with Crippen LogP contribution in [0.2, 0.25) is 0 Å². The molecule has 2 N–H and O–H groups in total. The van der Waals surface area contributed by atoms with Gasteiger partial charge in [-0.05, 0) is 18.8 Å². The minimum atomic E-state index is -0.339. The van der Waals surface area contributed by atoms with Crippen molar-refractivity contribution in [3.05, 3.63) is 27.9 Å². The molecule has 2 aliphatic heterocycles. The summed E-state index contributed by atoms with van der Waals surface area (Å²) in [4.78, 5) is 43.9. The summed E-state index contributed by atoms with van der Waals surface area (Å²) < 4.78 is 5.28. The fraction of sp³-hybridized carbons (Fsp3) is 0.600. The van der Waals surface area contributed by atoms with E-state index in [0.29, 0.717) is 44.0 Å². The quantitative estimate of drug-likeness (QED) is 0.737. The maximum atomic E-state index is 12.2. The van der Waals surface area contributed by atoms with Gasteiger partial charge < -0.3 is 19.9 Å². The third kappa shape index (κ3) is 2.52. The first-order valence-corrected chi connectivity index (χ1v) is 7.78. The van der Waals surface area contributed by atoms with Crippen molar-refractivity contribution < 1.29 is 14.3 Å². The zero-order chi connectivity index (χ0) is 16.1. The van der Waals surface area contributed by atoms with Crippen LogP contribution in [0.25, 0.3) is 0 Å². The number of hydrogen-bond donors (Lipinski definition) is 2. The van der Waals surface area contributed by atoms with Gasteiger partial charge in [-0.1, -0.05) is 0 Å². The summed E-state index contributed by atoms with van der Waals surface area (Å²) in [5.41, 5.74) is -0.196. The van der Waals surface area contributed by atoms with Crippen LogP contribution in [0, 0.1) is 24.7 Å². The normalized spacial score (nSPS) is 28.9. The Bertz CT molecular complexity index is 714. The fourth-order valence-corrected chi connectivity index (χ4v) is 3.51. The molecule has 1 aromatic rings. The van der Waals surface area contributed by atoms with Crippen molar-refractivity contribution in [3.8, 4) is 0 Å². The highest BCUT2D eigenvalue weighted by Crippen LogP contribution is 2.50. The molecule has 0 radical (unpaired) electrons. The van der Waals surface area contributed by atoms with Gasteiger partial charge in [0.2, 0.25) is 5.91 Å². The molecule has 1 saturated carbocycles. The highest BCUT2D eigenvalue weighted by Gasteiger charge is 2.58. The molecule has 3 aliphatic rings. The fourth-order valence-electron chi connectivity index (χ4n) is 3.51. The molecule has 2 amide bonds. The Hall–Kier alpha value is -2.22. The van der Waals surface area contributed by atoms with Crippen LogP contribution >= 0.6 is 0 Å². The highest BCUT2D eigenvalue weighted by atomic mass is 16.5. The van der Waals surface area contributed by atoms with Crippen molar-refractivity contribution in [1.82, 2.24) is 20.2 Å². The summed E-state index contributed by atoms with van der Waals surface area (Å²) in [5, 5.41) is 2.99. The van der Waals surface area contributed by atoms with Gasteiger partial charge in [0.05, 0.1) is 19.3 Å². The second kappa shape index (κ2) is 5.16. The predicted octanol–water partition coefficient (Wildman–Crippen LogP) is -1.09. The Morgan fingerprint density at radius 3 is 2.70 bits per heavy atom. The van der Waals surface area contributed by atoms with Crippen LogP contribution in [0.15, 0.2) is 10.9 Å². The molecular formula is C15H18N4O4. The van der Waals surface area contributed by atoms with Gasteiger partial charge in [-0.3, -0.25) is 14.4 Å². The minimum Gasteiger partial charge on any atom is -0.381 e. The number of nitrogens with one attached hydrogen (secondary N) is 2. The van der Waals surface area contributed by atoms with Crippen LogP contribution in [-0.2, 0) is 9.53 Å². The van der Waals surface area contributed by atoms with E-state index in [1.807, 2.05) is 0 Å². The highest BCUT2D eigenvalue weighted by molar-refractivity contribution is 5.93. The van der Waals surface area contributed by atoms with E-state index >= 15 is 0 Å². The minimum absolute atomic E-state index is 0.0169. The molecule has 2 saturated heterocycles. The standard InChI is InChI=1S/C15H18N4O4/c1-7-16-11(2-12(20)17-7)15(22)19-3-8(4-19)18-14(21)13-9-5-23-6-10(9)13/h2,8-10,13H,3-6H2,1H3,(H,18,21)(H,16,17,20)/t9-,10+,13?. The molecule has 0 spiro atoms. The Labute approximate surface area is 132 Å². The van der Waals surface area contributed by atoms with E-state index in [9.17, 15) is 14.4 Å². The van der Waals surface area contributed by atoms with Crippen molar-refractivity contribution in [2.75, 3.05) is 26.3 Å². The molecule has 1 unspecified atom stereocenters. The molecule has 1 aromatic heterocycles. The lowest BCUT2D eigenvalue weighted by atomic mass is 10.1. The van der Waals surface area contributed by atoms with E-state index in [-0.39, 0.29) is 35.0 Å². The lowest BCUT2D eigenvalue weighted by molar-refractivity contribution is -0.125. The summed E-state index contributed by atoms with van der Waals surface area (Å²) in [5.74, 6) is 1.07. The number of nitrogens with zero attached hydrogens (tertiary/aromatic N) is 2. The zero-order valence-electron chi connectivity index (χ0n) is 12.7. The number of likely N-dealkylation sites (tertiary alicyclic amines) is 1. The third-order valence-electron chi connectivity index (χ3n) is 4.85. The summed E-state index contributed by atoms with van der Waals surface area (Å²) in [6.45, 7) is 3.91. The first kappa shape index (κ1) is 14.4. The van der Waals surface area contributed by atoms with Crippen molar-refractivity contribution >= 4 is 11.8 Å². The molecule has 8 nitrogen and oxygen atoms in total. The first-order chi connectivity index (χ1) is 11.0. The van der Waals surface area contributed by atoms with Crippen LogP contribution in [0.1, 0.15) is 16.3 Å². The second-order valence-electron chi connectivity index (χ2n) is 6.52. The van der Waals surface area contributed by atoms with Crippen LogP contribution < -0.4 is 10.9 Å². The number of aryl methyl sites for hydroxylation is 1. The average Bonchev–Trinajstić information content (AvgIpc) is 2.94. The molecule has 23 heavy (non-hydrogen) atoms. The van der Waals surface area contributed by atoms with Crippen LogP contribution in [0.5, 0.6) is 0 Å². The van der Waals surface area contributed by atoms with Gasteiger partial charge in [0, 0.05) is 25.1 Å². The maximum absolute atomic E-state index is 12.2. The largest absolute Gasteiger partial charge is 0.381 e. The van der Waals surface area contributed by atoms with Gasteiger partial charge in [0.1, 0.15) is 11.5 Å². The average molecular weight is 318 g/mol. The number of hydrogen-bond acceptors (Lipinski definition) is 5. The number of carbonyl (C=O) groups is 2. The smallest absolute Gasteiger partial charge is 0.272 e. The number of aromatic amines is 1. The molecular weight excluding hydrogens is 300 g/mol. The van der Waals surface area contributed by atoms with Gasteiger partial charge in [-0.15, -0.1) is 0 Å². The van der Waals surface area contributed by atoms with E-state index in [0.717, 1.165) is 0 Å². The number of carbonyl (C=O) groups excluding carboxylic acids is 2. The van der Waals surface area contributed by atoms with E-state index in [1.165, 1.54) is 6.07 Å². The Morgan fingerprint density at radius 1 is 1.35 bits per heavy atom. The lowest BCUT2D eigenvalue weighted by Crippen LogP contribution is -2.61. The topological polar surface area (TPSA) is 104 Å². The van der Waals surface area contributed by atoms with E-state index in [2.05, 4.69) is 15.3 Å². The molecule has 0 aromatic carbocycles. The monoisotopic (exact) mass is 318 g/mol. The SMILES string of the molecule is Cc1nc(C(=O)N2CC(NC(=O)C3[C@H]4COC[C@@H]34)C2)cc(=O)[nH]1. The van der Waals surface area contributed by atoms with Gasteiger partial charge in [0.25, 0.3) is 11.5 Å². The third-order valence-corrected chi connectivity index (χ3v) is 4.85. The molecule has 3 heterocycles. The molecule has 0 bridgehead atoms. The van der Waals surface area contributed by atoms with Crippen LogP contribution in [0.3, 0.4) is 0 Å². The number of H-pyrrole nitrogens is 1. The Balaban J connectivity index is 1.30. The molecule has 122 valence electrons. The van der Waals surface area contributed by atoms with Gasteiger partial charge in [0.15, 0.2) is 0 Å². The van der Waals surface area contributed by atoms with Crippen LogP contribution in [0.4, 0.5) is 0 Å². The van der Waals surface area contributed by atoms with Crippen molar-refractivity contribution in [2.45, 2.75) is 13.0 Å². The van der Waals surface area contributed by atoms with Gasteiger partial charge >= 0.3 is 0 Å². The summed E-state index contributed by atoms with van der Waals surface area (Å²) in [6.07, 6.45) is 0.